The largest absolute Gasteiger partial charge is 0.394 e. The van der Waals surface area contributed by atoms with Crippen molar-refractivity contribution < 1.29 is 14.8 Å². The summed E-state index contributed by atoms with van der Waals surface area (Å²) in [6, 6.07) is 0.776. The Balaban J connectivity index is 3.19. The van der Waals surface area contributed by atoms with Gasteiger partial charge in [-0.15, -0.1) is 0 Å². The molecule has 0 bridgehead atoms. The first kappa shape index (κ1) is 14.8. The van der Waals surface area contributed by atoms with Gasteiger partial charge in [0, 0.05) is 20.2 Å². The van der Waals surface area contributed by atoms with Crippen molar-refractivity contribution >= 4 is 17.4 Å². The van der Waals surface area contributed by atoms with E-state index in [1.165, 1.54) is 18.0 Å². The standard InChI is InChI=1S/C11H16N4O4/c1-7(6-16)14(3)11(17)9-4-8(15(18)19)5-13-10(9)12-2/h4-5,7,16H,6H2,1-3H3,(H,12,13). The summed E-state index contributed by atoms with van der Waals surface area (Å²) in [6.07, 6.45) is 1.08. The van der Waals surface area contributed by atoms with E-state index in [9.17, 15) is 14.9 Å². The zero-order chi connectivity index (χ0) is 14.6. The van der Waals surface area contributed by atoms with Gasteiger partial charge in [0.2, 0.25) is 0 Å². The molecule has 0 radical (unpaired) electrons. The lowest BCUT2D eigenvalue weighted by Crippen LogP contribution is -2.37. The second-order valence-corrected chi connectivity index (χ2v) is 4.04. The van der Waals surface area contributed by atoms with Crippen LogP contribution in [0.5, 0.6) is 0 Å². The molecule has 0 saturated heterocycles. The van der Waals surface area contributed by atoms with Gasteiger partial charge in [0.1, 0.15) is 12.0 Å². The number of aliphatic hydroxyl groups excluding tert-OH is 1. The van der Waals surface area contributed by atoms with Crippen molar-refractivity contribution in [3.05, 3.63) is 27.9 Å². The first-order valence-corrected chi connectivity index (χ1v) is 5.62. The van der Waals surface area contributed by atoms with Crippen LogP contribution in [0.3, 0.4) is 0 Å². The number of pyridine rings is 1. The molecule has 1 amide bonds. The fraction of sp³-hybridized carbons (Fsp3) is 0.455. The van der Waals surface area contributed by atoms with Crippen molar-refractivity contribution in [2.24, 2.45) is 0 Å². The maximum atomic E-state index is 12.2. The van der Waals surface area contributed by atoms with Gasteiger partial charge in [-0.25, -0.2) is 4.98 Å². The molecule has 0 fully saturated rings. The molecule has 0 aliphatic carbocycles. The first-order chi connectivity index (χ1) is 8.92. The van der Waals surface area contributed by atoms with Crippen molar-refractivity contribution in [2.45, 2.75) is 13.0 Å². The van der Waals surface area contributed by atoms with Crippen LogP contribution >= 0.6 is 0 Å². The van der Waals surface area contributed by atoms with E-state index >= 15 is 0 Å². The Bertz CT molecular complexity index is 492. The highest BCUT2D eigenvalue weighted by atomic mass is 16.6. The molecule has 8 nitrogen and oxygen atoms in total. The van der Waals surface area contributed by atoms with Crippen molar-refractivity contribution in [2.75, 3.05) is 26.0 Å². The molecule has 1 rings (SSSR count). The Morgan fingerprint density at radius 2 is 2.32 bits per heavy atom. The number of carbonyl (C=O) groups excluding carboxylic acids is 1. The van der Waals surface area contributed by atoms with Crippen LogP contribution in [0.25, 0.3) is 0 Å². The predicted octanol–water partition coefficient (Wildman–Crippen LogP) is 0.484. The van der Waals surface area contributed by atoms with Crippen LogP contribution < -0.4 is 5.32 Å². The number of aliphatic hydroxyl groups is 1. The van der Waals surface area contributed by atoms with E-state index in [-0.39, 0.29) is 23.7 Å². The number of nitro groups is 1. The van der Waals surface area contributed by atoms with Crippen LogP contribution in [-0.2, 0) is 0 Å². The molecule has 19 heavy (non-hydrogen) atoms. The number of likely N-dealkylation sites (N-methyl/N-ethyl adjacent to an activating group) is 1. The number of nitrogens with one attached hydrogen (secondary N) is 1. The van der Waals surface area contributed by atoms with Crippen LogP contribution in [0, 0.1) is 10.1 Å². The summed E-state index contributed by atoms with van der Waals surface area (Å²) in [6.45, 7) is 1.47. The second-order valence-electron chi connectivity index (χ2n) is 4.04. The summed E-state index contributed by atoms with van der Waals surface area (Å²) in [5.41, 5.74) is -0.160. The number of anilines is 1. The molecule has 0 aliphatic heterocycles. The van der Waals surface area contributed by atoms with E-state index in [4.69, 9.17) is 5.11 Å². The van der Waals surface area contributed by atoms with Crippen LogP contribution in [0.4, 0.5) is 11.5 Å². The van der Waals surface area contributed by atoms with Crippen LogP contribution in [0.1, 0.15) is 17.3 Å². The monoisotopic (exact) mass is 268 g/mol. The molecule has 1 unspecified atom stereocenters. The first-order valence-electron chi connectivity index (χ1n) is 5.62. The molecule has 0 aromatic carbocycles. The molecule has 1 heterocycles. The Morgan fingerprint density at radius 1 is 1.68 bits per heavy atom. The Morgan fingerprint density at radius 3 is 2.79 bits per heavy atom. The topological polar surface area (TPSA) is 109 Å². The molecule has 104 valence electrons. The normalized spacial score (nSPS) is 11.8. The van der Waals surface area contributed by atoms with E-state index in [1.807, 2.05) is 0 Å². The van der Waals surface area contributed by atoms with Gasteiger partial charge >= 0.3 is 0 Å². The number of amides is 1. The van der Waals surface area contributed by atoms with E-state index in [1.54, 1.807) is 14.0 Å². The minimum absolute atomic E-state index is 0.0968. The minimum Gasteiger partial charge on any atom is -0.394 e. The Hall–Kier alpha value is -2.22. The van der Waals surface area contributed by atoms with Gasteiger partial charge in [-0.3, -0.25) is 14.9 Å². The lowest BCUT2D eigenvalue weighted by Gasteiger charge is -2.23. The third-order valence-corrected chi connectivity index (χ3v) is 2.80. The minimum atomic E-state index is -0.612. The van der Waals surface area contributed by atoms with E-state index in [0.29, 0.717) is 0 Å². The third kappa shape index (κ3) is 3.16. The molecular weight excluding hydrogens is 252 g/mol. The summed E-state index contributed by atoms with van der Waals surface area (Å²) in [7, 11) is 3.09. The molecule has 0 aliphatic rings. The van der Waals surface area contributed by atoms with Crippen molar-refractivity contribution in [3.63, 3.8) is 0 Å². The maximum Gasteiger partial charge on any atom is 0.288 e. The number of nitrogens with zero attached hydrogens (tertiary/aromatic N) is 3. The molecule has 0 saturated carbocycles. The predicted molar refractivity (Wildman–Crippen MR) is 69.1 cm³/mol. The van der Waals surface area contributed by atoms with Gasteiger partial charge in [0.25, 0.3) is 11.6 Å². The Labute approximate surface area is 110 Å². The highest BCUT2D eigenvalue weighted by Gasteiger charge is 2.23. The van der Waals surface area contributed by atoms with Crippen molar-refractivity contribution in [1.82, 2.24) is 9.88 Å². The average Bonchev–Trinajstić information content (AvgIpc) is 2.43. The Kier molecular flexibility index (Phi) is 4.76. The molecular formula is C11H16N4O4. The van der Waals surface area contributed by atoms with Crippen LogP contribution in [-0.4, -0.2) is 52.6 Å². The summed E-state index contributed by atoms with van der Waals surface area (Å²) < 4.78 is 0. The molecule has 0 spiro atoms. The molecule has 1 aromatic rings. The average molecular weight is 268 g/mol. The summed E-state index contributed by atoms with van der Waals surface area (Å²) in [5.74, 6) is -0.185. The van der Waals surface area contributed by atoms with Gasteiger partial charge < -0.3 is 15.3 Å². The van der Waals surface area contributed by atoms with E-state index in [0.717, 1.165) is 6.20 Å². The maximum absolute atomic E-state index is 12.2. The molecule has 1 aromatic heterocycles. The summed E-state index contributed by atoms with van der Waals surface area (Å²) in [5, 5.41) is 22.5. The number of carbonyl (C=O) groups is 1. The van der Waals surface area contributed by atoms with E-state index < -0.39 is 16.9 Å². The lowest BCUT2D eigenvalue weighted by molar-refractivity contribution is -0.385. The molecule has 8 heteroatoms. The van der Waals surface area contributed by atoms with Crippen molar-refractivity contribution in [3.8, 4) is 0 Å². The third-order valence-electron chi connectivity index (χ3n) is 2.80. The molecule has 1 atom stereocenters. The fourth-order valence-corrected chi connectivity index (χ4v) is 1.43. The SMILES string of the molecule is CNc1ncc([N+](=O)[O-])cc1C(=O)N(C)C(C)CO. The highest BCUT2D eigenvalue weighted by molar-refractivity contribution is 5.99. The van der Waals surface area contributed by atoms with Gasteiger partial charge in [-0.1, -0.05) is 0 Å². The smallest absolute Gasteiger partial charge is 0.288 e. The van der Waals surface area contributed by atoms with Gasteiger partial charge in [-0.05, 0) is 6.92 Å². The van der Waals surface area contributed by atoms with Crippen LogP contribution in [0.2, 0.25) is 0 Å². The molecule has 2 N–H and O–H groups in total. The summed E-state index contributed by atoms with van der Waals surface area (Å²) >= 11 is 0. The van der Waals surface area contributed by atoms with Gasteiger partial charge in [-0.2, -0.15) is 0 Å². The number of aromatic nitrogens is 1. The highest BCUT2D eigenvalue weighted by Crippen LogP contribution is 2.20. The van der Waals surface area contributed by atoms with Crippen molar-refractivity contribution in [1.29, 1.82) is 0 Å². The van der Waals surface area contributed by atoms with E-state index in [2.05, 4.69) is 10.3 Å². The number of rotatable bonds is 5. The summed E-state index contributed by atoms with van der Waals surface area (Å²) in [4.78, 5) is 27.5. The fourth-order valence-electron chi connectivity index (χ4n) is 1.43. The quantitative estimate of drug-likeness (QED) is 0.594. The zero-order valence-corrected chi connectivity index (χ0v) is 11.0. The number of hydrogen-bond donors (Lipinski definition) is 2. The van der Waals surface area contributed by atoms with Gasteiger partial charge in [0.05, 0.1) is 23.1 Å². The number of hydrogen-bond acceptors (Lipinski definition) is 6. The van der Waals surface area contributed by atoms with Crippen LogP contribution in [0.15, 0.2) is 12.3 Å². The second kappa shape index (κ2) is 6.10. The van der Waals surface area contributed by atoms with Gasteiger partial charge in [0.15, 0.2) is 0 Å². The zero-order valence-electron chi connectivity index (χ0n) is 11.0. The lowest BCUT2D eigenvalue weighted by atomic mass is 10.2.